The first-order valence-electron chi connectivity index (χ1n) is 4.41. The fraction of sp³-hybridized carbons (Fsp3) is 0.300. The van der Waals surface area contributed by atoms with E-state index in [9.17, 15) is 17.6 Å². The van der Waals surface area contributed by atoms with Crippen molar-refractivity contribution < 1.29 is 17.6 Å². The highest BCUT2D eigenvalue weighted by Crippen LogP contribution is 2.16. The highest BCUT2D eigenvalue weighted by Gasteiger charge is 2.13. The van der Waals surface area contributed by atoms with E-state index in [0.717, 1.165) is 6.26 Å². The Morgan fingerprint density at radius 3 is 2.62 bits per heavy atom. The summed E-state index contributed by atoms with van der Waals surface area (Å²) in [5.74, 6) is -1.58. The van der Waals surface area contributed by atoms with Crippen LogP contribution in [0, 0.1) is 5.82 Å². The molecule has 3 nitrogen and oxygen atoms in total. The Morgan fingerprint density at radius 2 is 2.06 bits per heavy atom. The Kier molecular flexibility index (Phi) is 4.21. The number of rotatable bonds is 4. The number of halogens is 2. The predicted octanol–water partition coefficient (Wildman–Crippen LogP) is 1.74. The van der Waals surface area contributed by atoms with Gasteiger partial charge in [-0.15, -0.1) is 0 Å². The van der Waals surface area contributed by atoms with Crippen LogP contribution in [0.3, 0.4) is 0 Å². The van der Waals surface area contributed by atoms with Gasteiger partial charge in [-0.25, -0.2) is 12.8 Å². The van der Waals surface area contributed by atoms with Crippen molar-refractivity contribution in [2.24, 2.45) is 0 Å². The molecule has 0 aliphatic rings. The predicted molar refractivity (Wildman–Crippen MR) is 62.5 cm³/mol. The molecule has 0 spiro atoms. The molecule has 0 heterocycles. The van der Waals surface area contributed by atoms with Crippen LogP contribution in [-0.4, -0.2) is 26.2 Å². The summed E-state index contributed by atoms with van der Waals surface area (Å²) in [6.45, 7) is 0. The minimum Gasteiger partial charge on any atom is -0.298 e. The largest absolute Gasteiger partial charge is 0.298 e. The number of carbonyl (C=O) groups is 1. The van der Waals surface area contributed by atoms with Gasteiger partial charge in [-0.05, 0) is 23.8 Å². The van der Waals surface area contributed by atoms with E-state index in [2.05, 4.69) is 15.9 Å². The highest BCUT2D eigenvalue weighted by atomic mass is 79.9. The first-order chi connectivity index (χ1) is 7.28. The summed E-state index contributed by atoms with van der Waals surface area (Å²) < 4.78 is 35.6. The third kappa shape index (κ3) is 4.40. The Bertz CT molecular complexity index is 511. The molecule has 0 saturated heterocycles. The zero-order valence-corrected chi connectivity index (χ0v) is 10.9. The van der Waals surface area contributed by atoms with E-state index < -0.39 is 27.2 Å². The summed E-state index contributed by atoms with van der Waals surface area (Å²) in [5, 5.41) is 0. The van der Waals surface area contributed by atoms with Crippen LogP contribution >= 0.6 is 15.9 Å². The van der Waals surface area contributed by atoms with Crippen LogP contribution in [0.4, 0.5) is 4.39 Å². The van der Waals surface area contributed by atoms with E-state index in [4.69, 9.17) is 0 Å². The van der Waals surface area contributed by atoms with E-state index >= 15 is 0 Å². The topological polar surface area (TPSA) is 51.2 Å². The molecule has 0 radical (unpaired) electrons. The number of benzene rings is 1. The van der Waals surface area contributed by atoms with Gasteiger partial charge in [0, 0.05) is 17.1 Å². The number of ketones is 1. The minimum absolute atomic E-state index is 0.197. The van der Waals surface area contributed by atoms with Crippen molar-refractivity contribution in [2.45, 2.75) is 6.42 Å². The lowest BCUT2D eigenvalue weighted by atomic mass is 10.1. The number of hydrogen-bond donors (Lipinski definition) is 0. The Hall–Kier alpha value is -0.750. The molecular weight excluding hydrogens is 299 g/mol. The van der Waals surface area contributed by atoms with Gasteiger partial charge in [0.25, 0.3) is 0 Å². The second-order valence-corrected chi connectivity index (χ2v) is 6.58. The Balaban J connectivity index is 2.81. The van der Waals surface area contributed by atoms with Gasteiger partial charge < -0.3 is 0 Å². The lowest BCUT2D eigenvalue weighted by molar-refractivity contribution is -0.116. The smallest absolute Gasteiger partial charge is 0.154 e. The van der Waals surface area contributed by atoms with E-state index in [0.29, 0.717) is 4.47 Å². The first-order valence-corrected chi connectivity index (χ1v) is 7.26. The Labute approximate surface area is 102 Å². The number of hydrogen-bond acceptors (Lipinski definition) is 3. The molecule has 1 rings (SSSR count). The standard InChI is InChI=1S/C10H10BrFO3S/c1-16(14,15)6-9(13)5-7-4-8(11)2-3-10(7)12/h2-4H,5-6H2,1H3. The molecule has 0 atom stereocenters. The molecule has 0 fully saturated rings. The zero-order chi connectivity index (χ0) is 12.3. The molecule has 1 aromatic rings. The average molecular weight is 309 g/mol. The molecular formula is C10H10BrFO3S. The van der Waals surface area contributed by atoms with Crippen LogP contribution in [0.15, 0.2) is 22.7 Å². The van der Waals surface area contributed by atoms with Crippen molar-refractivity contribution in [3.8, 4) is 0 Å². The number of Topliss-reactive ketones (excluding diaryl/α,β-unsaturated/α-hetero) is 1. The van der Waals surface area contributed by atoms with Crippen LogP contribution in [-0.2, 0) is 21.1 Å². The quantitative estimate of drug-likeness (QED) is 0.851. The SMILES string of the molecule is CS(=O)(=O)CC(=O)Cc1cc(Br)ccc1F. The molecule has 0 aliphatic heterocycles. The van der Waals surface area contributed by atoms with Gasteiger partial charge in [0.2, 0.25) is 0 Å². The van der Waals surface area contributed by atoms with Crippen LogP contribution in [0.2, 0.25) is 0 Å². The first kappa shape index (κ1) is 13.3. The van der Waals surface area contributed by atoms with Crippen molar-refractivity contribution in [1.82, 2.24) is 0 Å². The van der Waals surface area contributed by atoms with Crippen LogP contribution in [0.1, 0.15) is 5.56 Å². The summed E-state index contributed by atoms with van der Waals surface area (Å²) in [7, 11) is -3.35. The van der Waals surface area contributed by atoms with E-state index in [-0.39, 0.29) is 12.0 Å². The Morgan fingerprint density at radius 1 is 1.44 bits per heavy atom. The lowest BCUT2D eigenvalue weighted by Gasteiger charge is -2.02. The number of sulfone groups is 1. The maximum atomic E-state index is 13.2. The second kappa shape index (κ2) is 5.05. The monoisotopic (exact) mass is 308 g/mol. The fourth-order valence-corrected chi connectivity index (χ4v) is 2.33. The third-order valence-corrected chi connectivity index (χ3v) is 3.16. The maximum Gasteiger partial charge on any atom is 0.154 e. The molecule has 0 aromatic heterocycles. The molecule has 1 aromatic carbocycles. The lowest BCUT2D eigenvalue weighted by Crippen LogP contribution is -2.16. The minimum atomic E-state index is -3.35. The molecule has 88 valence electrons. The zero-order valence-electron chi connectivity index (χ0n) is 8.54. The molecule has 0 saturated carbocycles. The molecule has 0 aliphatic carbocycles. The van der Waals surface area contributed by atoms with E-state index in [1.54, 1.807) is 0 Å². The summed E-state index contributed by atoms with van der Waals surface area (Å²) in [4.78, 5) is 11.3. The van der Waals surface area contributed by atoms with Crippen molar-refractivity contribution >= 4 is 31.6 Å². The van der Waals surface area contributed by atoms with Gasteiger partial charge in [-0.1, -0.05) is 15.9 Å². The second-order valence-electron chi connectivity index (χ2n) is 3.52. The average Bonchev–Trinajstić information content (AvgIpc) is 2.08. The molecule has 0 N–H and O–H groups in total. The highest BCUT2D eigenvalue weighted by molar-refractivity contribution is 9.10. The van der Waals surface area contributed by atoms with Crippen molar-refractivity contribution in [3.63, 3.8) is 0 Å². The van der Waals surface area contributed by atoms with E-state index in [1.165, 1.54) is 18.2 Å². The summed E-state index contributed by atoms with van der Waals surface area (Å²) >= 11 is 3.15. The number of carbonyl (C=O) groups excluding carboxylic acids is 1. The summed E-state index contributed by atoms with van der Waals surface area (Å²) in [6, 6.07) is 4.21. The molecule has 0 unspecified atom stereocenters. The van der Waals surface area contributed by atoms with Crippen LogP contribution < -0.4 is 0 Å². The fourth-order valence-electron chi connectivity index (χ4n) is 1.23. The van der Waals surface area contributed by atoms with Gasteiger partial charge in [0.15, 0.2) is 15.6 Å². The third-order valence-electron chi connectivity index (χ3n) is 1.82. The van der Waals surface area contributed by atoms with Gasteiger partial charge in [0.05, 0.1) is 0 Å². The maximum absolute atomic E-state index is 13.2. The van der Waals surface area contributed by atoms with Crippen molar-refractivity contribution in [1.29, 1.82) is 0 Å². The van der Waals surface area contributed by atoms with E-state index in [1.807, 2.05) is 0 Å². The normalized spacial score (nSPS) is 11.4. The molecule has 0 amide bonds. The van der Waals surface area contributed by atoms with Gasteiger partial charge in [0.1, 0.15) is 11.6 Å². The molecule has 0 bridgehead atoms. The van der Waals surface area contributed by atoms with Gasteiger partial charge in [-0.3, -0.25) is 4.79 Å². The van der Waals surface area contributed by atoms with Gasteiger partial charge >= 0.3 is 0 Å². The van der Waals surface area contributed by atoms with Crippen LogP contribution in [0.25, 0.3) is 0 Å². The molecule has 6 heteroatoms. The molecule has 16 heavy (non-hydrogen) atoms. The van der Waals surface area contributed by atoms with Crippen LogP contribution in [0.5, 0.6) is 0 Å². The van der Waals surface area contributed by atoms with Crippen molar-refractivity contribution in [2.75, 3.05) is 12.0 Å². The van der Waals surface area contributed by atoms with Gasteiger partial charge in [-0.2, -0.15) is 0 Å². The summed E-state index contributed by atoms with van der Waals surface area (Å²) in [5.41, 5.74) is 0.197. The summed E-state index contributed by atoms with van der Waals surface area (Å²) in [6.07, 6.45) is 0.764. The van der Waals surface area contributed by atoms with Crippen molar-refractivity contribution in [3.05, 3.63) is 34.1 Å².